The lowest BCUT2D eigenvalue weighted by molar-refractivity contribution is 0.110. The maximum Gasteiger partial charge on any atom is 0.171 e. The van der Waals surface area contributed by atoms with Crippen LogP contribution in [0.5, 0.6) is 0 Å². The number of rotatable bonds is 6. The number of carbonyl (C=O) groups is 1. The lowest BCUT2D eigenvalue weighted by atomic mass is 10.2. The van der Waals surface area contributed by atoms with Crippen molar-refractivity contribution in [3.05, 3.63) is 47.8 Å². The fourth-order valence-corrected chi connectivity index (χ4v) is 1.40. The number of hydrogen-bond donors (Lipinski definition) is 0. The van der Waals surface area contributed by atoms with Gasteiger partial charge in [0.1, 0.15) is 5.69 Å². The van der Waals surface area contributed by atoms with Gasteiger partial charge in [-0.25, -0.2) is 4.68 Å². The highest BCUT2D eigenvalue weighted by Gasteiger charge is 1.98. The van der Waals surface area contributed by atoms with E-state index in [4.69, 9.17) is 4.74 Å². The van der Waals surface area contributed by atoms with Gasteiger partial charge in [0.05, 0.1) is 26.0 Å². The Morgan fingerprint density at radius 3 is 2.82 bits per heavy atom. The summed E-state index contributed by atoms with van der Waals surface area (Å²) in [7, 11) is 0. The molecule has 0 N–H and O–H groups in total. The van der Waals surface area contributed by atoms with Crippen LogP contribution in [-0.2, 0) is 17.9 Å². The van der Waals surface area contributed by atoms with E-state index in [9.17, 15) is 4.79 Å². The van der Waals surface area contributed by atoms with Crippen LogP contribution < -0.4 is 0 Å². The summed E-state index contributed by atoms with van der Waals surface area (Å²) < 4.78 is 7.08. The van der Waals surface area contributed by atoms with Crippen molar-refractivity contribution in [2.75, 3.05) is 6.61 Å². The van der Waals surface area contributed by atoms with Crippen LogP contribution in [0.2, 0.25) is 0 Å². The molecule has 1 aromatic carbocycles. The molecule has 0 spiro atoms. The molecule has 0 bridgehead atoms. The van der Waals surface area contributed by atoms with Gasteiger partial charge in [0, 0.05) is 0 Å². The normalized spacial score (nSPS) is 10.4. The van der Waals surface area contributed by atoms with E-state index in [0.717, 1.165) is 5.56 Å². The van der Waals surface area contributed by atoms with E-state index in [2.05, 4.69) is 10.3 Å². The van der Waals surface area contributed by atoms with Crippen LogP contribution >= 0.6 is 0 Å². The standard InChI is InChI=1S/C12H13N3O2/c16-9-12-8-15(14-13-12)6-7-17-10-11-4-2-1-3-5-11/h1-5,8-9H,6-7,10H2. The smallest absolute Gasteiger partial charge is 0.171 e. The molecule has 0 radical (unpaired) electrons. The van der Waals surface area contributed by atoms with Crippen LogP contribution in [0.1, 0.15) is 16.1 Å². The van der Waals surface area contributed by atoms with Crippen molar-refractivity contribution >= 4 is 6.29 Å². The summed E-state index contributed by atoms with van der Waals surface area (Å²) in [6.45, 7) is 1.71. The summed E-state index contributed by atoms with van der Waals surface area (Å²) in [5, 5.41) is 7.45. The molecule has 0 aliphatic carbocycles. The van der Waals surface area contributed by atoms with Crippen molar-refractivity contribution in [1.82, 2.24) is 15.0 Å². The number of benzene rings is 1. The van der Waals surface area contributed by atoms with Crippen molar-refractivity contribution in [2.45, 2.75) is 13.2 Å². The van der Waals surface area contributed by atoms with Gasteiger partial charge in [0.25, 0.3) is 0 Å². The third kappa shape index (κ3) is 3.49. The summed E-state index contributed by atoms with van der Waals surface area (Å²) in [6, 6.07) is 9.96. The lowest BCUT2D eigenvalue weighted by Crippen LogP contribution is -2.06. The van der Waals surface area contributed by atoms with Gasteiger partial charge in [-0.05, 0) is 5.56 Å². The summed E-state index contributed by atoms with van der Waals surface area (Å²) in [4.78, 5) is 10.4. The van der Waals surface area contributed by atoms with Crippen LogP contribution in [0.3, 0.4) is 0 Å². The fourth-order valence-electron chi connectivity index (χ4n) is 1.40. The summed E-state index contributed by atoms with van der Waals surface area (Å²) in [6.07, 6.45) is 2.27. The third-order valence-electron chi connectivity index (χ3n) is 2.25. The lowest BCUT2D eigenvalue weighted by Gasteiger charge is -2.03. The first-order valence-corrected chi connectivity index (χ1v) is 5.35. The molecule has 0 aliphatic heterocycles. The number of aldehydes is 1. The van der Waals surface area contributed by atoms with Crippen molar-refractivity contribution in [3.63, 3.8) is 0 Å². The molecule has 17 heavy (non-hydrogen) atoms. The van der Waals surface area contributed by atoms with E-state index in [1.807, 2.05) is 30.3 Å². The molecule has 0 amide bonds. The van der Waals surface area contributed by atoms with Gasteiger partial charge < -0.3 is 4.74 Å². The molecule has 2 aromatic rings. The number of carbonyl (C=O) groups excluding carboxylic acids is 1. The monoisotopic (exact) mass is 231 g/mol. The van der Waals surface area contributed by atoms with Crippen molar-refractivity contribution in [2.24, 2.45) is 0 Å². The Bertz CT molecular complexity index is 468. The topological polar surface area (TPSA) is 57.0 Å². The molecule has 0 atom stereocenters. The first kappa shape index (κ1) is 11.5. The first-order chi connectivity index (χ1) is 8.38. The molecule has 0 fully saturated rings. The Morgan fingerprint density at radius 2 is 2.12 bits per heavy atom. The Balaban J connectivity index is 1.71. The summed E-state index contributed by atoms with van der Waals surface area (Å²) >= 11 is 0. The molecule has 2 rings (SSSR count). The zero-order chi connectivity index (χ0) is 11.9. The van der Waals surface area contributed by atoms with Crippen molar-refractivity contribution < 1.29 is 9.53 Å². The molecule has 1 aromatic heterocycles. The first-order valence-electron chi connectivity index (χ1n) is 5.35. The zero-order valence-corrected chi connectivity index (χ0v) is 9.32. The number of hydrogen-bond acceptors (Lipinski definition) is 4. The van der Waals surface area contributed by atoms with Crippen LogP contribution in [0, 0.1) is 0 Å². The number of aromatic nitrogens is 3. The van der Waals surface area contributed by atoms with Gasteiger partial charge in [-0.1, -0.05) is 35.5 Å². The molecule has 5 heteroatoms. The van der Waals surface area contributed by atoms with Crippen LogP contribution in [0.25, 0.3) is 0 Å². The van der Waals surface area contributed by atoms with Crippen LogP contribution in [0.15, 0.2) is 36.5 Å². The molecular formula is C12H13N3O2. The molecule has 1 heterocycles. The minimum absolute atomic E-state index is 0.341. The summed E-state index contributed by atoms with van der Waals surface area (Å²) in [5.74, 6) is 0. The zero-order valence-electron chi connectivity index (χ0n) is 9.32. The van der Waals surface area contributed by atoms with Crippen LogP contribution in [0.4, 0.5) is 0 Å². The quantitative estimate of drug-likeness (QED) is 0.555. The Kier molecular flexibility index (Phi) is 3.99. The summed E-state index contributed by atoms with van der Waals surface area (Å²) in [5.41, 5.74) is 1.48. The van der Waals surface area contributed by atoms with Gasteiger partial charge in [0.15, 0.2) is 6.29 Å². The van der Waals surface area contributed by atoms with E-state index in [-0.39, 0.29) is 0 Å². The maximum absolute atomic E-state index is 10.4. The Morgan fingerprint density at radius 1 is 1.29 bits per heavy atom. The predicted molar refractivity (Wildman–Crippen MR) is 61.5 cm³/mol. The minimum atomic E-state index is 0.341. The molecule has 88 valence electrons. The van der Waals surface area contributed by atoms with Gasteiger partial charge in [-0.3, -0.25) is 4.79 Å². The van der Waals surface area contributed by atoms with E-state index < -0.39 is 0 Å². The average Bonchev–Trinajstić information content (AvgIpc) is 2.84. The number of ether oxygens (including phenoxy) is 1. The Hall–Kier alpha value is -2.01. The van der Waals surface area contributed by atoms with Crippen LogP contribution in [-0.4, -0.2) is 27.9 Å². The second kappa shape index (κ2) is 5.91. The maximum atomic E-state index is 10.4. The Labute approximate surface area is 99.0 Å². The molecule has 0 unspecified atom stereocenters. The van der Waals surface area contributed by atoms with Gasteiger partial charge in [-0.2, -0.15) is 0 Å². The largest absolute Gasteiger partial charge is 0.375 e. The van der Waals surface area contributed by atoms with Gasteiger partial charge in [-0.15, -0.1) is 5.10 Å². The molecule has 0 saturated carbocycles. The second-order valence-corrected chi connectivity index (χ2v) is 3.56. The van der Waals surface area contributed by atoms with Crippen molar-refractivity contribution in [1.29, 1.82) is 0 Å². The molecule has 5 nitrogen and oxygen atoms in total. The van der Waals surface area contributed by atoms with Gasteiger partial charge >= 0.3 is 0 Å². The van der Waals surface area contributed by atoms with Crippen molar-refractivity contribution in [3.8, 4) is 0 Å². The molecular weight excluding hydrogens is 218 g/mol. The molecule has 0 saturated heterocycles. The minimum Gasteiger partial charge on any atom is -0.375 e. The second-order valence-electron chi connectivity index (χ2n) is 3.56. The van der Waals surface area contributed by atoms with Gasteiger partial charge in [0.2, 0.25) is 0 Å². The highest BCUT2D eigenvalue weighted by molar-refractivity contribution is 5.70. The van der Waals surface area contributed by atoms with E-state index >= 15 is 0 Å². The van der Waals surface area contributed by atoms with E-state index in [0.29, 0.717) is 31.7 Å². The highest BCUT2D eigenvalue weighted by Crippen LogP contribution is 2.00. The predicted octanol–water partition coefficient (Wildman–Crippen LogP) is 1.31. The fraction of sp³-hybridized carbons (Fsp3) is 0.250. The van der Waals surface area contributed by atoms with E-state index in [1.54, 1.807) is 10.9 Å². The van der Waals surface area contributed by atoms with E-state index in [1.165, 1.54) is 0 Å². The highest BCUT2D eigenvalue weighted by atomic mass is 16.5. The molecule has 0 aliphatic rings. The number of nitrogens with zero attached hydrogens (tertiary/aromatic N) is 3. The average molecular weight is 231 g/mol. The SMILES string of the molecule is O=Cc1cn(CCOCc2ccccc2)nn1. The third-order valence-corrected chi connectivity index (χ3v) is 2.25.